The molecule has 2 aromatic rings. The van der Waals surface area contributed by atoms with Crippen molar-refractivity contribution in [3.05, 3.63) is 64.7 Å². The van der Waals surface area contributed by atoms with E-state index in [4.69, 9.17) is 0 Å². The fourth-order valence-electron chi connectivity index (χ4n) is 2.81. The van der Waals surface area contributed by atoms with Gasteiger partial charge in [0.05, 0.1) is 5.54 Å². The summed E-state index contributed by atoms with van der Waals surface area (Å²) in [7, 11) is 0. The van der Waals surface area contributed by atoms with Crippen molar-refractivity contribution in [2.24, 2.45) is 0 Å². The van der Waals surface area contributed by atoms with Crippen LogP contribution in [0.1, 0.15) is 35.1 Å². The highest BCUT2D eigenvalue weighted by Crippen LogP contribution is 2.45. The number of anilines is 1. The highest BCUT2D eigenvalue weighted by Gasteiger charge is 2.45. The van der Waals surface area contributed by atoms with Crippen LogP contribution >= 0.6 is 0 Å². The van der Waals surface area contributed by atoms with Crippen LogP contribution in [-0.4, -0.2) is 6.03 Å². The average Bonchev–Trinajstić information content (AvgIpc) is 3.23. The van der Waals surface area contributed by atoms with E-state index in [0.717, 1.165) is 24.1 Å². The first-order valence-electron chi connectivity index (χ1n) is 7.72. The average molecular weight is 294 g/mol. The molecule has 0 aliphatic heterocycles. The predicted molar refractivity (Wildman–Crippen MR) is 90.2 cm³/mol. The highest BCUT2D eigenvalue weighted by molar-refractivity contribution is 5.91. The maximum Gasteiger partial charge on any atom is 0.319 e. The van der Waals surface area contributed by atoms with Crippen molar-refractivity contribution >= 4 is 11.7 Å². The van der Waals surface area contributed by atoms with Gasteiger partial charge in [0, 0.05) is 5.69 Å². The molecule has 1 saturated carbocycles. The lowest BCUT2D eigenvalue weighted by atomic mass is 10.0. The lowest BCUT2D eigenvalue weighted by Gasteiger charge is -2.19. The first kappa shape index (κ1) is 14.6. The van der Waals surface area contributed by atoms with Crippen molar-refractivity contribution in [3.8, 4) is 0 Å². The van der Waals surface area contributed by atoms with Gasteiger partial charge in [0.1, 0.15) is 0 Å². The van der Waals surface area contributed by atoms with Gasteiger partial charge in [-0.25, -0.2) is 4.79 Å². The second kappa shape index (κ2) is 5.48. The number of amides is 2. The normalized spacial score (nSPS) is 15.2. The molecule has 0 aromatic heterocycles. The third kappa shape index (κ3) is 2.98. The SMILES string of the molecule is Cc1ccc(C2(NC(=O)Nc3ccc(C)cc3C)CC2)cc1. The van der Waals surface area contributed by atoms with Gasteiger partial charge >= 0.3 is 6.03 Å². The molecule has 1 aliphatic carbocycles. The summed E-state index contributed by atoms with van der Waals surface area (Å²) < 4.78 is 0. The number of rotatable bonds is 3. The molecule has 0 atom stereocenters. The van der Waals surface area contributed by atoms with Crippen molar-refractivity contribution in [1.29, 1.82) is 0 Å². The zero-order chi connectivity index (χ0) is 15.7. The van der Waals surface area contributed by atoms with Gasteiger partial charge in [-0.2, -0.15) is 0 Å². The largest absolute Gasteiger partial charge is 0.328 e. The van der Waals surface area contributed by atoms with Gasteiger partial charge < -0.3 is 10.6 Å². The quantitative estimate of drug-likeness (QED) is 0.864. The smallest absolute Gasteiger partial charge is 0.319 e. The Hall–Kier alpha value is -2.29. The molecule has 3 nitrogen and oxygen atoms in total. The highest BCUT2D eigenvalue weighted by atomic mass is 16.2. The van der Waals surface area contributed by atoms with Crippen molar-refractivity contribution in [1.82, 2.24) is 5.32 Å². The van der Waals surface area contributed by atoms with Crippen LogP contribution in [0.15, 0.2) is 42.5 Å². The van der Waals surface area contributed by atoms with E-state index in [-0.39, 0.29) is 11.6 Å². The molecule has 0 bridgehead atoms. The molecule has 0 heterocycles. The van der Waals surface area contributed by atoms with E-state index in [1.807, 2.05) is 26.0 Å². The van der Waals surface area contributed by atoms with E-state index in [1.54, 1.807) is 0 Å². The van der Waals surface area contributed by atoms with E-state index in [1.165, 1.54) is 16.7 Å². The van der Waals surface area contributed by atoms with Gasteiger partial charge in [-0.3, -0.25) is 0 Å². The monoisotopic (exact) mass is 294 g/mol. The molecule has 3 rings (SSSR count). The van der Waals surface area contributed by atoms with Crippen molar-refractivity contribution in [3.63, 3.8) is 0 Å². The Balaban J connectivity index is 1.70. The third-order valence-electron chi connectivity index (χ3n) is 4.34. The molecule has 0 saturated heterocycles. The number of carbonyl (C=O) groups excluding carboxylic acids is 1. The summed E-state index contributed by atoms with van der Waals surface area (Å²) in [6, 6.07) is 14.3. The standard InChI is InChI=1S/C19H22N2O/c1-13-4-7-16(8-5-13)19(10-11-19)21-18(22)20-17-9-6-14(2)12-15(17)3/h4-9,12H,10-11H2,1-3H3,(H2,20,21,22). The molecule has 2 N–H and O–H groups in total. The van der Waals surface area contributed by atoms with Gasteiger partial charge in [-0.1, -0.05) is 47.5 Å². The summed E-state index contributed by atoms with van der Waals surface area (Å²) in [5.74, 6) is 0. The van der Waals surface area contributed by atoms with Crippen molar-refractivity contribution in [2.75, 3.05) is 5.32 Å². The van der Waals surface area contributed by atoms with E-state index >= 15 is 0 Å². The minimum Gasteiger partial charge on any atom is -0.328 e. The summed E-state index contributed by atoms with van der Waals surface area (Å²) in [5.41, 5.74) is 5.38. The Morgan fingerprint density at radius 3 is 2.18 bits per heavy atom. The fourth-order valence-corrected chi connectivity index (χ4v) is 2.81. The molecule has 1 aliphatic rings. The second-order valence-electron chi connectivity index (χ2n) is 6.35. The van der Waals surface area contributed by atoms with E-state index in [9.17, 15) is 4.79 Å². The van der Waals surface area contributed by atoms with Gasteiger partial charge in [0.15, 0.2) is 0 Å². The first-order valence-corrected chi connectivity index (χ1v) is 7.72. The molecule has 114 valence electrons. The maximum absolute atomic E-state index is 12.3. The number of urea groups is 1. The van der Waals surface area contributed by atoms with Gasteiger partial charge in [0.2, 0.25) is 0 Å². The van der Waals surface area contributed by atoms with Crippen LogP contribution in [0.5, 0.6) is 0 Å². The molecule has 0 radical (unpaired) electrons. The van der Waals surface area contributed by atoms with Crippen LogP contribution in [-0.2, 0) is 5.54 Å². The van der Waals surface area contributed by atoms with Gasteiger partial charge in [0.25, 0.3) is 0 Å². The molecule has 1 fully saturated rings. The molecule has 22 heavy (non-hydrogen) atoms. The molecule has 0 spiro atoms. The second-order valence-corrected chi connectivity index (χ2v) is 6.35. The van der Waals surface area contributed by atoms with E-state index in [2.05, 4.69) is 47.9 Å². The van der Waals surface area contributed by atoms with E-state index < -0.39 is 0 Å². The molecular formula is C19H22N2O. The lowest BCUT2D eigenvalue weighted by molar-refractivity contribution is 0.247. The first-order chi connectivity index (χ1) is 10.5. The zero-order valence-electron chi connectivity index (χ0n) is 13.4. The summed E-state index contributed by atoms with van der Waals surface area (Å²) in [6.07, 6.45) is 1.99. The Labute approximate surface area is 131 Å². The number of hydrogen-bond donors (Lipinski definition) is 2. The summed E-state index contributed by atoms with van der Waals surface area (Å²) in [5, 5.41) is 6.11. The van der Waals surface area contributed by atoms with Crippen LogP contribution < -0.4 is 10.6 Å². The maximum atomic E-state index is 12.3. The van der Waals surface area contributed by atoms with Crippen LogP contribution in [0.25, 0.3) is 0 Å². The van der Waals surface area contributed by atoms with E-state index in [0.29, 0.717) is 0 Å². The summed E-state index contributed by atoms with van der Waals surface area (Å²) in [6.45, 7) is 6.13. The number of carbonyl (C=O) groups is 1. The topological polar surface area (TPSA) is 41.1 Å². The fraction of sp³-hybridized carbons (Fsp3) is 0.316. The minimum atomic E-state index is -0.184. The Morgan fingerprint density at radius 1 is 0.955 bits per heavy atom. The van der Waals surface area contributed by atoms with Gasteiger partial charge in [-0.15, -0.1) is 0 Å². The number of aryl methyl sites for hydroxylation is 3. The molecule has 3 heteroatoms. The molecule has 2 aromatic carbocycles. The minimum absolute atomic E-state index is 0.134. The van der Waals surface area contributed by atoms with Crippen LogP contribution in [0.4, 0.5) is 10.5 Å². The summed E-state index contributed by atoms with van der Waals surface area (Å²) in [4.78, 5) is 12.3. The third-order valence-corrected chi connectivity index (χ3v) is 4.34. The van der Waals surface area contributed by atoms with Crippen LogP contribution in [0.2, 0.25) is 0 Å². The lowest BCUT2D eigenvalue weighted by Crippen LogP contribution is -2.38. The van der Waals surface area contributed by atoms with Crippen LogP contribution in [0, 0.1) is 20.8 Å². The Bertz CT molecular complexity index is 700. The molecule has 2 amide bonds. The molecule has 0 unspecified atom stereocenters. The Morgan fingerprint density at radius 2 is 1.59 bits per heavy atom. The zero-order valence-corrected chi connectivity index (χ0v) is 13.4. The Kier molecular flexibility index (Phi) is 3.65. The number of nitrogens with one attached hydrogen (secondary N) is 2. The number of benzene rings is 2. The van der Waals surface area contributed by atoms with Crippen molar-refractivity contribution < 1.29 is 4.79 Å². The predicted octanol–water partition coefficient (Wildman–Crippen LogP) is 4.42. The van der Waals surface area contributed by atoms with Crippen LogP contribution in [0.3, 0.4) is 0 Å². The van der Waals surface area contributed by atoms with Crippen molar-refractivity contribution in [2.45, 2.75) is 39.2 Å². The van der Waals surface area contributed by atoms with Gasteiger partial charge in [-0.05, 0) is 50.8 Å². The molecular weight excluding hydrogens is 272 g/mol. The summed E-state index contributed by atoms with van der Waals surface area (Å²) >= 11 is 0. The number of hydrogen-bond acceptors (Lipinski definition) is 1.